The van der Waals surface area contributed by atoms with Gasteiger partial charge in [0, 0.05) is 25.4 Å². The number of likely N-dealkylation sites (tertiary alicyclic amines) is 1. The normalized spacial score (nSPS) is 16.9. The van der Waals surface area contributed by atoms with Gasteiger partial charge in [0.2, 0.25) is 11.8 Å². The van der Waals surface area contributed by atoms with Crippen LogP contribution in [0, 0.1) is 0 Å². The van der Waals surface area contributed by atoms with Crippen molar-refractivity contribution in [2.75, 3.05) is 6.54 Å². The van der Waals surface area contributed by atoms with Gasteiger partial charge in [-0.25, -0.2) is 14.8 Å². The van der Waals surface area contributed by atoms with E-state index >= 15 is 0 Å². The molecular weight excluding hydrogens is 356 g/mol. The van der Waals surface area contributed by atoms with Gasteiger partial charge in [0.25, 0.3) is 0 Å². The first-order valence-corrected chi connectivity index (χ1v) is 9.50. The van der Waals surface area contributed by atoms with Crippen LogP contribution in [0.5, 0.6) is 0 Å². The highest BCUT2D eigenvalue weighted by atomic mass is 16.4. The minimum atomic E-state index is -0.425. The average Bonchev–Trinajstić information content (AvgIpc) is 3.19. The van der Waals surface area contributed by atoms with Crippen molar-refractivity contribution in [2.24, 2.45) is 0 Å². The van der Waals surface area contributed by atoms with E-state index in [1.807, 2.05) is 30.3 Å². The third-order valence-corrected chi connectivity index (χ3v) is 4.99. The van der Waals surface area contributed by atoms with Gasteiger partial charge >= 0.3 is 5.69 Å². The molecule has 1 amide bonds. The van der Waals surface area contributed by atoms with E-state index in [0.717, 1.165) is 30.6 Å². The molecule has 1 saturated heterocycles. The smallest absolute Gasteiger partial charge is 0.347 e. The fourth-order valence-corrected chi connectivity index (χ4v) is 3.59. The lowest BCUT2D eigenvalue weighted by atomic mass is 10.0. The van der Waals surface area contributed by atoms with Crippen LogP contribution < -0.4 is 5.69 Å². The number of nitrogens with zero attached hydrogens (tertiary/aromatic N) is 4. The minimum Gasteiger partial charge on any atom is -0.443 e. The summed E-state index contributed by atoms with van der Waals surface area (Å²) in [4.78, 5) is 34.6. The highest BCUT2D eigenvalue weighted by Gasteiger charge is 2.31. The Morgan fingerprint density at radius 1 is 1.14 bits per heavy atom. The van der Waals surface area contributed by atoms with Gasteiger partial charge in [0.15, 0.2) is 0 Å². The van der Waals surface area contributed by atoms with Crippen molar-refractivity contribution in [1.29, 1.82) is 0 Å². The lowest BCUT2D eigenvalue weighted by molar-refractivity contribution is -0.136. The summed E-state index contributed by atoms with van der Waals surface area (Å²) in [6.07, 6.45) is 8.16. The molecule has 1 atom stereocenters. The third kappa shape index (κ3) is 4.03. The Bertz CT molecular complexity index is 996. The number of piperidine rings is 1. The van der Waals surface area contributed by atoms with Gasteiger partial charge in [0.05, 0.1) is 6.20 Å². The van der Waals surface area contributed by atoms with Crippen LogP contribution in [0.25, 0.3) is 0 Å². The summed E-state index contributed by atoms with van der Waals surface area (Å²) in [5.41, 5.74) is 0.725. The number of amides is 1. The van der Waals surface area contributed by atoms with Gasteiger partial charge in [-0.1, -0.05) is 30.3 Å². The Hall–Kier alpha value is -3.22. The van der Waals surface area contributed by atoms with Crippen LogP contribution in [-0.4, -0.2) is 31.9 Å². The predicted octanol–water partition coefficient (Wildman–Crippen LogP) is 2.58. The predicted molar refractivity (Wildman–Crippen MR) is 103 cm³/mol. The molecule has 7 nitrogen and oxygen atoms in total. The first kappa shape index (κ1) is 18.2. The zero-order chi connectivity index (χ0) is 19.3. The van der Waals surface area contributed by atoms with Crippen molar-refractivity contribution >= 4 is 5.91 Å². The first-order valence-electron chi connectivity index (χ1n) is 9.50. The topological polar surface area (TPSA) is 81.2 Å². The summed E-state index contributed by atoms with van der Waals surface area (Å²) in [5.74, 6) is 1.22. The van der Waals surface area contributed by atoms with Crippen LogP contribution in [-0.2, 0) is 17.8 Å². The third-order valence-electron chi connectivity index (χ3n) is 4.99. The summed E-state index contributed by atoms with van der Waals surface area (Å²) >= 11 is 0. The van der Waals surface area contributed by atoms with Crippen molar-refractivity contribution in [2.45, 2.75) is 38.3 Å². The zero-order valence-electron chi connectivity index (χ0n) is 15.5. The molecule has 7 heteroatoms. The molecule has 4 rings (SSSR count). The summed E-state index contributed by atoms with van der Waals surface area (Å²) in [6, 6.07) is 11.5. The van der Waals surface area contributed by atoms with E-state index in [9.17, 15) is 9.59 Å². The molecule has 1 aliphatic rings. The molecule has 0 radical (unpaired) electrons. The highest BCUT2D eigenvalue weighted by Crippen LogP contribution is 2.31. The number of rotatable bonds is 5. The van der Waals surface area contributed by atoms with E-state index in [1.54, 1.807) is 23.4 Å². The zero-order valence-corrected chi connectivity index (χ0v) is 15.5. The second-order valence-corrected chi connectivity index (χ2v) is 6.96. The fraction of sp³-hybridized carbons (Fsp3) is 0.333. The number of carbonyl (C=O) groups is 1. The van der Waals surface area contributed by atoms with E-state index in [4.69, 9.17) is 4.42 Å². The van der Waals surface area contributed by atoms with Crippen molar-refractivity contribution in [1.82, 2.24) is 19.4 Å². The van der Waals surface area contributed by atoms with Crippen LogP contribution in [0.1, 0.15) is 42.5 Å². The molecule has 1 aliphatic heterocycles. The maximum absolute atomic E-state index is 12.9. The van der Waals surface area contributed by atoms with E-state index in [-0.39, 0.29) is 18.5 Å². The number of oxazole rings is 1. The molecule has 28 heavy (non-hydrogen) atoms. The average molecular weight is 378 g/mol. The number of aromatic nitrogens is 3. The van der Waals surface area contributed by atoms with Gasteiger partial charge in [-0.2, -0.15) is 0 Å². The molecule has 3 heterocycles. The van der Waals surface area contributed by atoms with Gasteiger partial charge in [-0.05, 0) is 30.9 Å². The summed E-state index contributed by atoms with van der Waals surface area (Å²) in [7, 11) is 0. The van der Waals surface area contributed by atoms with E-state index < -0.39 is 5.69 Å². The van der Waals surface area contributed by atoms with Crippen LogP contribution in [0.4, 0.5) is 0 Å². The molecule has 0 aliphatic carbocycles. The Labute approximate surface area is 162 Å². The lowest BCUT2D eigenvalue weighted by Crippen LogP contribution is -2.42. The second-order valence-electron chi connectivity index (χ2n) is 6.96. The number of hydrogen-bond acceptors (Lipinski definition) is 5. The Morgan fingerprint density at radius 3 is 2.82 bits per heavy atom. The molecule has 0 saturated carbocycles. The minimum absolute atomic E-state index is 0.0270. The number of carbonyl (C=O) groups excluding carboxylic acids is 1. The van der Waals surface area contributed by atoms with E-state index in [2.05, 4.69) is 9.97 Å². The van der Waals surface area contributed by atoms with Gasteiger partial charge in [-0.3, -0.25) is 9.36 Å². The standard InChI is InChI=1S/C21H22N4O3/c26-19(15-24-11-6-10-22-21(24)27)25-12-5-4-9-18(25)20-23-14-17(28-20)13-16-7-2-1-3-8-16/h1-3,6-8,10-11,14,18H,4-5,9,12-13,15H2. The molecule has 3 aromatic rings. The van der Waals surface area contributed by atoms with Gasteiger partial charge in [-0.15, -0.1) is 0 Å². The second kappa shape index (κ2) is 8.21. The maximum atomic E-state index is 12.9. The summed E-state index contributed by atoms with van der Waals surface area (Å²) in [6.45, 7) is 0.607. The fourth-order valence-electron chi connectivity index (χ4n) is 3.59. The van der Waals surface area contributed by atoms with E-state index in [0.29, 0.717) is 18.9 Å². The molecule has 2 aromatic heterocycles. The Balaban J connectivity index is 1.50. The molecular formula is C21H22N4O3. The Morgan fingerprint density at radius 2 is 2.00 bits per heavy atom. The Kier molecular flexibility index (Phi) is 5.32. The van der Waals surface area contributed by atoms with Crippen LogP contribution >= 0.6 is 0 Å². The quantitative estimate of drug-likeness (QED) is 0.682. The van der Waals surface area contributed by atoms with Crippen LogP contribution in [0.15, 0.2) is 64.2 Å². The molecule has 1 unspecified atom stereocenters. The largest absolute Gasteiger partial charge is 0.443 e. The number of hydrogen-bond donors (Lipinski definition) is 0. The molecule has 1 aromatic carbocycles. The molecule has 0 N–H and O–H groups in total. The SMILES string of the molecule is O=C(Cn1cccnc1=O)N1CCCCC1c1ncc(Cc2ccccc2)o1. The summed E-state index contributed by atoms with van der Waals surface area (Å²) in [5, 5.41) is 0. The van der Waals surface area contributed by atoms with Crippen molar-refractivity contribution in [3.05, 3.63) is 82.7 Å². The molecule has 0 spiro atoms. The van der Waals surface area contributed by atoms with Gasteiger partial charge < -0.3 is 9.32 Å². The monoisotopic (exact) mass is 378 g/mol. The van der Waals surface area contributed by atoms with Crippen LogP contribution in [0.3, 0.4) is 0 Å². The van der Waals surface area contributed by atoms with Crippen LogP contribution in [0.2, 0.25) is 0 Å². The number of benzene rings is 1. The first-order chi connectivity index (χ1) is 13.7. The van der Waals surface area contributed by atoms with E-state index in [1.165, 1.54) is 10.8 Å². The molecule has 1 fully saturated rings. The van der Waals surface area contributed by atoms with Crippen molar-refractivity contribution < 1.29 is 9.21 Å². The summed E-state index contributed by atoms with van der Waals surface area (Å²) < 4.78 is 7.32. The maximum Gasteiger partial charge on any atom is 0.347 e. The van der Waals surface area contributed by atoms with Gasteiger partial charge in [0.1, 0.15) is 18.3 Å². The van der Waals surface area contributed by atoms with Crippen molar-refractivity contribution in [3.63, 3.8) is 0 Å². The molecule has 144 valence electrons. The molecule has 0 bridgehead atoms. The highest BCUT2D eigenvalue weighted by molar-refractivity contribution is 5.76. The lowest BCUT2D eigenvalue weighted by Gasteiger charge is -2.33. The van der Waals surface area contributed by atoms with Crippen molar-refractivity contribution in [3.8, 4) is 0 Å².